The number of fused-ring (bicyclic) bond motifs is 3. The number of allylic oxidation sites excluding steroid dienone is 1. The van der Waals surface area contributed by atoms with E-state index < -0.39 is 0 Å². The topological polar surface area (TPSA) is 0 Å². The lowest BCUT2D eigenvalue weighted by molar-refractivity contribution is 0.992. The molecule has 0 aliphatic heterocycles. The summed E-state index contributed by atoms with van der Waals surface area (Å²) >= 11 is 0. The molecule has 0 saturated carbocycles. The van der Waals surface area contributed by atoms with Gasteiger partial charge in [0.05, 0.1) is 0 Å². The first-order valence-electron chi connectivity index (χ1n) is 7.14. The molecule has 0 saturated heterocycles. The van der Waals surface area contributed by atoms with Gasteiger partial charge in [0.1, 0.15) is 0 Å². The molecule has 1 aliphatic rings. The Morgan fingerprint density at radius 3 is 2.35 bits per heavy atom. The standard InChI is InChI=1S/C20H16/c1-14-13-19(15-7-3-2-4-8-15)20-17(14)12-11-16-9-5-6-10-18(16)20/h2-14H,1H3. The zero-order chi connectivity index (χ0) is 13.5. The van der Waals surface area contributed by atoms with Crippen LogP contribution in [0.2, 0.25) is 0 Å². The first-order valence-corrected chi connectivity index (χ1v) is 7.14. The molecule has 0 fully saturated rings. The van der Waals surface area contributed by atoms with Crippen molar-refractivity contribution in [1.29, 1.82) is 0 Å². The third-order valence-corrected chi connectivity index (χ3v) is 4.22. The fourth-order valence-electron chi connectivity index (χ4n) is 3.25. The highest BCUT2D eigenvalue weighted by atomic mass is 14.3. The third-order valence-electron chi connectivity index (χ3n) is 4.22. The second-order valence-electron chi connectivity index (χ2n) is 5.49. The van der Waals surface area contributed by atoms with E-state index in [0.717, 1.165) is 0 Å². The van der Waals surface area contributed by atoms with Gasteiger partial charge in [0, 0.05) is 5.92 Å². The monoisotopic (exact) mass is 256 g/mol. The molecule has 3 aromatic carbocycles. The minimum absolute atomic E-state index is 0.491. The molecule has 0 heterocycles. The molecule has 20 heavy (non-hydrogen) atoms. The summed E-state index contributed by atoms with van der Waals surface area (Å²) in [5.74, 6) is 0.491. The largest absolute Gasteiger partial charge is 0.0688 e. The Hall–Kier alpha value is -2.34. The van der Waals surface area contributed by atoms with Crippen molar-refractivity contribution in [2.45, 2.75) is 12.8 Å². The van der Waals surface area contributed by atoms with Crippen molar-refractivity contribution < 1.29 is 0 Å². The summed E-state index contributed by atoms with van der Waals surface area (Å²) in [4.78, 5) is 0. The number of benzene rings is 3. The summed E-state index contributed by atoms with van der Waals surface area (Å²) in [6, 6.07) is 23.9. The summed E-state index contributed by atoms with van der Waals surface area (Å²) in [5.41, 5.74) is 5.56. The average Bonchev–Trinajstić information content (AvgIpc) is 2.86. The third kappa shape index (κ3) is 1.61. The van der Waals surface area contributed by atoms with Crippen LogP contribution in [0.25, 0.3) is 16.3 Å². The van der Waals surface area contributed by atoms with Gasteiger partial charge in [-0.1, -0.05) is 79.7 Å². The molecule has 4 rings (SSSR count). The van der Waals surface area contributed by atoms with Crippen LogP contribution in [-0.4, -0.2) is 0 Å². The SMILES string of the molecule is CC1C=C(c2ccccc2)c2c1ccc1ccccc21. The quantitative estimate of drug-likeness (QED) is 0.547. The van der Waals surface area contributed by atoms with Crippen molar-refractivity contribution in [2.24, 2.45) is 0 Å². The fraction of sp³-hybridized carbons (Fsp3) is 0.100. The molecule has 0 radical (unpaired) electrons. The molecule has 3 aromatic rings. The predicted molar refractivity (Wildman–Crippen MR) is 85.9 cm³/mol. The molecule has 0 N–H and O–H groups in total. The summed E-state index contributed by atoms with van der Waals surface area (Å²) in [6.45, 7) is 2.28. The summed E-state index contributed by atoms with van der Waals surface area (Å²) in [6.07, 6.45) is 2.40. The summed E-state index contributed by atoms with van der Waals surface area (Å²) < 4.78 is 0. The van der Waals surface area contributed by atoms with Crippen LogP contribution < -0.4 is 0 Å². The second-order valence-corrected chi connectivity index (χ2v) is 5.49. The first-order chi connectivity index (χ1) is 9.84. The van der Waals surface area contributed by atoms with Crippen LogP contribution in [-0.2, 0) is 0 Å². The van der Waals surface area contributed by atoms with E-state index in [0.29, 0.717) is 5.92 Å². The molecule has 0 aromatic heterocycles. The van der Waals surface area contributed by atoms with Crippen LogP contribution in [0, 0.1) is 0 Å². The highest BCUT2D eigenvalue weighted by Crippen LogP contribution is 2.42. The van der Waals surface area contributed by atoms with Crippen molar-refractivity contribution in [3.8, 4) is 0 Å². The zero-order valence-corrected chi connectivity index (χ0v) is 11.5. The fourth-order valence-corrected chi connectivity index (χ4v) is 3.25. The second kappa shape index (κ2) is 4.35. The Morgan fingerprint density at radius 2 is 1.50 bits per heavy atom. The highest BCUT2D eigenvalue weighted by Gasteiger charge is 2.22. The maximum Gasteiger partial charge on any atom is 0.000537 e. The molecule has 96 valence electrons. The van der Waals surface area contributed by atoms with E-state index in [-0.39, 0.29) is 0 Å². The maximum absolute atomic E-state index is 2.40. The molecule has 0 heteroatoms. The Labute approximate surface area is 119 Å². The normalized spacial score (nSPS) is 17.1. The molecular weight excluding hydrogens is 240 g/mol. The smallest absolute Gasteiger partial charge is 0.000537 e. The van der Waals surface area contributed by atoms with Crippen LogP contribution >= 0.6 is 0 Å². The predicted octanol–water partition coefficient (Wildman–Crippen LogP) is 5.39. The Kier molecular flexibility index (Phi) is 2.50. The van der Waals surface area contributed by atoms with Gasteiger partial charge in [0.2, 0.25) is 0 Å². The molecule has 1 aliphatic carbocycles. The lowest BCUT2D eigenvalue weighted by Crippen LogP contribution is -1.90. The Morgan fingerprint density at radius 1 is 0.750 bits per heavy atom. The highest BCUT2D eigenvalue weighted by molar-refractivity contribution is 6.01. The lowest BCUT2D eigenvalue weighted by atomic mass is 9.92. The van der Waals surface area contributed by atoms with Crippen LogP contribution in [0.3, 0.4) is 0 Å². The van der Waals surface area contributed by atoms with Crippen molar-refractivity contribution in [3.63, 3.8) is 0 Å². The van der Waals surface area contributed by atoms with Crippen LogP contribution in [0.5, 0.6) is 0 Å². The molecule has 0 amide bonds. The van der Waals surface area contributed by atoms with E-state index >= 15 is 0 Å². The van der Waals surface area contributed by atoms with Gasteiger partial charge in [-0.05, 0) is 33.0 Å². The molecule has 1 unspecified atom stereocenters. The van der Waals surface area contributed by atoms with E-state index in [1.807, 2.05) is 0 Å². The van der Waals surface area contributed by atoms with Gasteiger partial charge < -0.3 is 0 Å². The summed E-state index contributed by atoms with van der Waals surface area (Å²) in [7, 11) is 0. The minimum Gasteiger partial charge on any atom is -0.0688 e. The van der Waals surface area contributed by atoms with E-state index in [1.54, 1.807) is 0 Å². The van der Waals surface area contributed by atoms with E-state index in [1.165, 1.54) is 33.0 Å². The van der Waals surface area contributed by atoms with Gasteiger partial charge in [-0.15, -0.1) is 0 Å². The Bertz CT molecular complexity index is 810. The van der Waals surface area contributed by atoms with E-state index in [2.05, 4.69) is 79.7 Å². The average molecular weight is 256 g/mol. The van der Waals surface area contributed by atoms with Crippen LogP contribution in [0.4, 0.5) is 0 Å². The van der Waals surface area contributed by atoms with Crippen molar-refractivity contribution in [2.75, 3.05) is 0 Å². The van der Waals surface area contributed by atoms with Gasteiger partial charge in [-0.3, -0.25) is 0 Å². The molecule has 0 nitrogen and oxygen atoms in total. The number of rotatable bonds is 1. The van der Waals surface area contributed by atoms with E-state index in [9.17, 15) is 0 Å². The molecule has 0 bridgehead atoms. The molecule has 0 spiro atoms. The maximum atomic E-state index is 2.40. The molecule has 1 atom stereocenters. The Balaban J connectivity index is 2.04. The number of hydrogen-bond acceptors (Lipinski definition) is 0. The lowest BCUT2D eigenvalue weighted by Gasteiger charge is -2.11. The minimum atomic E-state index is 0.491. The van der Waals surface area contributed by atoms with Gasteiger partial charge in [0.25, 0.3) is 0 Å². The van der Waals surface area contributed by atoms with Gasteiger partial charge in [-0.2, -0.15) is 0 Å². The molecular formula is C20H16. The van der Waals surface area contributed by atoms with E-state index in [4.69, 9.17) is 0 Å². The van der Waals surface area contributed by atoms with Gasteiger partial charge >= 0.3 is 0 Å². The summed E-state index contributed by atoms with van der Waals surface area (Å²) in [5, 5.41) is 2.69. The van der Waals surface area contributed by atoms with Crippen LogP contribution in [0.15, 0.2) is 72.8 Å². The number of hydrogen-bond donors (Lipinski definition) is 0. The van der Waals surface area contributed by atoms with Crippen molar-refractivity contribution >= 4 is 16.3 Å². The van der Waals surface area contributed by atoms with Crippen molar-refractivity contribution in [3.05, 3.63) is 89.5 Å². The van der Waals surface area contributed by atoms with Crippen molar-refractivity contribution in [1.82, 2.24) is 0 Å². The zero-order valence-electron chi connectivity index (χ0n) is 11.5. The van der Waals surface area contributed by atoms with Gasteiger partial charge in [0.15, 0.2) is 0 Å². The first kappa shape index (κ1) is 11.5. The van der Waals surface area contributed by atoms with Gasteiger partial charge in [-0.25, -0.2) is 0 Å². The van der Waals surface area contributed by atoms with Crippen LogP contribution in [0.1, 0.15) is 29.5 Å².